The summed E-state index contributed by atoms with van der Waals surface area (Å²) in [7, 11) is 0. The van der Waals surface area contributed by atoms with Gasteiger partial charge in [-0.2, -0.15) is 0 Å². The Morgan fingerprint density at radius 3 is 2.58 bits per heavy atom. The van der Waals surface area contributed by atoms with Gasteiger partial charge in [-0.05, 0) is 32.9 Å². The standard InChI is InChI=1S/C9H16N2O/c1-8(2)10-9(12)7-11-5-3-4-6-11/h1,3-7H2,2H3,(H,10,12). The van der Waals surface area contributed by atoms with E-state index >= 15 is 0 Å². The number of hydrogen-bond donors (Lipinski definition) is 1. The van der Waals surface area contributed by atoms with Crippen molar-refractivity contribution in [2.24, 2.45) is 0 Å². The summed E-state index contributed by atoms with van der Waals surface area (Å²) in [6.45, 7) is 8.05. The molecule has 1 rings (SSSR count). The second-order valence-electron chi connectivity index (χ2n) is 3.31. The lowest BCUT2D eigenvalue weighted by atomic mass is 10.4. The SMILES string of the molecule is C=C(C)NC(=O)CN1CCCC1. The molecule has 1 saturated heterocycles. The first kappa shape index (κ1) is 9.26. The highest BCUT2D eigenvalue weighted by molar-refractivity contribution is 5.79. The maximum atomic E-state index is 11.2. The van der Waals surface area contributed by atoms with Gasteiger partial charge < -0.3 is 5.32 Å². The second-order valence-corrected chi connectivity index (χ2v) is 3.31. The topological polar surface area (TPSA) is 32.3 Å². The van der Waals surface area contributed by atoms with Gasteiger partial charge in [0.25, 0.3) is 0 Å². The second kappa shape index (κ2) is 4.26. The lowest BCUT2D eigenvalue weighted by molar-refractivity contribution is -0.121. The van der Waals surface area contributed by atoms with E-state index in [1.807, 2.05) is 0 Å². The fourth-order valence-electron chi connectivity index (χ4n) is 1.42. The number of nitrogens with zero attached hydrogens (tertiary/aromatic N) is 1. The largest absolute Gasteiger partial charge is 0.330 e. The minimum atomic E-state index is 0.0596. The molecule has 3 heteroatoms. The van der Waals surface area contributed by atoms with Crippen molar-refractivity contribution in [2.45, 2.75) is 19.8 Å². The van der Waals surface area contributed by atoms with Crippen molar-refractivity contribution in [3.63, 3.8) is 0 Å². The number of nitrogens with one attached hydrogen (secondary N) is 1. The molecule has 1 aliphatic heterocycles. The van der Waals surface area contributed by atoms with Gasteiger partial charge in [-0.1, -0.05) is 6.58 Å². The molecule has 0 spiro atoms. The van der Waals surface area contributed by atoms with Gasteiger partial charge in [0.15, 0.2) is 0 Å². The van der Waals surface area contributed by atoms with Crippen molar-refractivity contribution in [1.29, 1.82) is 0 Å². The fraction of sp³-hybridized carbons (Fsp3) is 0.667. The van der Waals surface area contributed by atoms with Crippen LogP contribution < -0.4 is 5.32 Å². The van der Waals surface area contributed by atoms with Crippen LogP contribution in [-0.4, -0.2) is 30.4 Å². The number of allylic oxidation sites excluding steroid dienone is 1. The molecule has 0 radical (unpaired) electrons. The summed E-state index contributed by atoms with van der Waals surface area (Å²) in [6, 6.07) is 0. The van der Waals surface area contributed by atoms with Crippen LogP contribution in [0.2, 0.25) is 0 Å². The smallest absolute Gasteiger partial charge is 0.238 e. The van der Waals surface area contributed by atoms with E-state index in [-0.39, 0.29) is 5.91 Å². The molecule has 1 N–H and O–H groups in total. The Labute approximate surface area is 73.4 Å². The molecule has 1 heterocycles. The number of carbonyl (C=O) groups is 1. The van der Waals surface area contributed by atoms with Crippen LogP contribution in [0.15, 0.2) is 12.3 Å². The summed E-state index contributed by atoms with van der Waals surface area (Å²) in [5.41, 5.74) is 0.721. The number of rotatable bonds is 3. The van der Waals surface area contributed by atoms with Gasteiger partial charge in [-0.15, -0.1) is 0 Å². The van der Waals surface area contributed by atoms with E-state index in [9.17, 15) is 4.79 Å². The zero-order chi connectivity index (χ0) is 8.97. The Hall–Kier alpha value is -0.830. The van der Waals surface area contributed by atoms with Crippen molar-refractivity contribution >= 4 is 5.91 Å². The van der Waals surface area contributed by atoms with Crippen LogP contribution in [0, 0.1) is 0 Å². The molecule has 0 saturated carbocycles. The van der Waals surface area contributed by atoms with E-state index in [1.54, 1.807) is 6.92 Å². The van der Waals surface area contributed by atoms with Crippen LogP contribution in [0.3, 0.4) is 0 Å². The molecular formula is C9H16N2O. The predicted molar refractivity (Wildman–Crippen MR) is 48.6 cm³/mol. The molecule has 68 valence electrons. The predicted octanol–water partition coefficient (Wildman–Crippen LogP) is 0.732. The van der Waals surface area contributed by atoms with Crippen molar-refractivity contribution in [1.82, 2.24) is 10.2 Å². The van der Waals surface area contributed by atoms with Crippen LogP contribution in [0.4, 0.5) is 0 Å². The minimum Gasteiger partial charge on any atom is -0.330 e. The number of hydrogen-bond acceptors (Lipinski definition) is 2. The van der Waals surface area contributed by atoms with E-state index in [0.717, 1.165) is 18.8 Å². The third-order valence-corrected chi connectivity index (χ3v) is 1.92. The summed E-state index contributed by atoms with van der Waals surface area (Å²) in [6.07, 6.45) is 2.45. The van der Waals surface area contributed by atoms with Crippen LogP contribution in [0.5, 0.6) is 0 Å². The Morgan fingerprint density at radius 2 is 2.08 bits per heavy atom. The van der Waals surface area contributed by atoms with E-state index < -0.39 is 0 Å². The molecule has 0 aromatic carbocycles. The molecule has 0 unspecified atom stereocenters. The number of carbonyl (C=O) groups excluding carboxylic acids is 1. The molecule has 1 aliphatic rings. The molecule has 0 aromatic heterocycles. The van der Waals surface area contributed by atoms with Gasteiger partial charge in [0, 0.05) is 5.70 Å². The monoisotopic (exact) mass is 168 g/mol. The first-order valence-corrected chi connectivity index (χ1v) is 4.36. The third kappa shape index (κ3) is 3.05. The lowest BCUT2D eigenvalue weighted by Crippen LogP contribution is -2.34. The van der Waals surface area contributed by atoms with E-state index in [2.05, 4.69) is 16.8 Å². The van der Waals surface area contributed by atoms with E-state index in [4.69, 9.17) is 0 Å². The molecule has 3 nitrogen and oxygen atoms in total. The highest BCUT2D eigenvalue weighted by Gasteiger charge is 2.14. The molecule has 0 aromatic rings. The summed E-state index contributed by atoms with van der Waals surface area (Å²) in [4.78, 5) is 13.4. The first-order chi connectivity index (χ1) is 5.68. The maximum Gasteiger partial charge on any atom is 0.238 e. The van der Waals surface area contributed by atoms with Crippen LogP contribution in [-0.2, 0) is 4.79 Å². The summed E-state index contributed by atoms with van der Waals surface area (Å²) >= 11 is 0. The van der Waals surface area contributed by atoms with Gasteiger partial charge in [-0.3, -0.25) is 9.69 Å². The Bertz CT molecular complexity index is 183. The molecule has 1 amide bonds. The van der Waals surface area contributed by atoms with Gasteiger partial charge >= 0.3 is 0 Å². The van der Waals surface area contributed by atoms with Crippen LogP contribution in [0.1, 0.15) is 19.8 Å². The molecule has 0 aliphatic carbocycles. The zero-order valence-electron chi connectivity index (χ0n) is 7.60. The maximum absolute atomic E-state index is 11.2. The Morgan fingerprint density at radius 1 is 1.50 bits per heavy atom. The van der Waals surface area contributed by atoms with E-state index in [0.29, 0.717) is 6.54 Å². The van der Waals surface area contributed by atoms with Crippen LogP contribution in [0.25, 0.3) is 0 Å². The highest BCUT2D eigenvalue weighted by Crippen LogP contribution is 2.05. The van der Waals surface area contributed by atoms with Crippen molar-refractivity contribution in [3.8, 4) is 0 Å². The fourth-order valence-corrected chi connectivity index (χ4v) is 1.42. The minimum absolute atomic E-state index is 0.0596. The number of amides is 1. The molecular weight excluding hydrogens is 152 g/mol. The molecule has 0 atom stereocenters. The van der Waals surface area contributed by atoms with E-state index in [1.165, 1.54) is 12.8 Å². The molecule has 1 fully saturated rings. The van der Waals surface area contributed by atoms with Gasteiger partial charge in [0.1, 0.15) is 0 Å². The molecule has 0 bridgehead atoms. The quantitative estimate of drug-likeness (QED) is 0.674. The first-order valence-electron chi connectivity index (χ1n) is 4.36. The van der Waals surface area contributed by atoms with Crippen molar-refractivity contribution < 1.29 is 4.79 Å². The lowest BCUT2D eigenvalue weighted by Gasteiger charge is -2.13. The Balaban J connectivity index is 2.20. The average Bonchev–Trinajstić information content (AvgIpc) is 2.37. The average molecular weight is 168 g/mol. The van der Waals surface area contributed by atoms with Crippen molar-refractivity contribution in [3.05, 3.63) is 12.3 Å². The number of likely N-dealkylation sites (tertiary alicyclic amines) is 1. The normalized spacial score (nSPS) is 17.8. The van der Waals surface area contributed by atoms with Gasteiger partial charge in [0.2, 0.25) is 5.91 Å². The molecule has 12 heavy (non-hydrogen) atoms. The Kier molecular flexibility index (Phi) is 3.29. The summed E-state index contributed by atoms with van der Waals surface area (Å²) in [5.74, 6) is 0.0596. The summed E-state index contributed by atoms with van der Waals surface area (Å²) in [5, 5.41) is 2.69. The summed E-state index contributed by atoms with van der Waals surface area (Å²) < 4.78 is 0. The highest BCUT2D eigenvalue weighted by atomic mass is 16.2. The zero-order valence-corrected chi connectivity index (χ0v) is 7.60. The van der Waals surface area contributed by atoms with Crippen LogP contribution >= 0.6 is 0 Å². The van der Waals surface area contributed by atoms with Gasteiger partial charge in [0.05, 0.1) is 6.54 Å². The van der Waals surface area contributed by atoms with Gasteiger partial charge in [-0.25, -0.2) is 0 Å². The van der Waals surface area contributed by atoms with Crippen molar-refractivity contribution in [2.75, 3.05) is 19.6 Å². The third-order valence-electron chi connectivity index (χ3n) is 1.92.